The molecule has 0 fully saturated rings. The fourth-order valence-corrected chi connectivity index (χ4v) is 3.39. The lowest BCUT2D eigenvalue weighted by molar-refractivity contribution is -0.123. The molecule has 3 N–H and O–H groups in total. The SMILES string of the molecule is O=C(COc1ccc(Cl)cc1Cl)N[C@H](NC(=S)Nc1ccccc1Br)C(Cl)(Cl)Cl. The first kappa shape index (κ1) is 24.6. The van der Waals surface area contributed by atoms with E-state index in [9.17, 15) is 4.79 Å². The van der Waals surface area contributed by atoms with Crippen molar-refractivity contribution in [2.45, 2.75) is 9.96 Å². The second kappa shape index (κ2) is 11.1. The van der Waals surface area contributed by atoms with Crippen molar-refractivity contribution in [1.29, 1.82) is 0 Å². The van der Waals surface area contributed by atoms with Crippen molar-refractivity contribution in [3.05, 3.63) is 57.0 Å². The molecule has 0 aliphatic carbocycles. The van der Waals surface area contributed by atoms with Crippen molar-refractivity contribution in [1.82, 2.24) is 10.6 Å². The second-order valence-electron chi connectivity index (χ2n) is 5.48. The van der Waals surface area contributed by atoms with E-state index in [0.29, 0.717) is 10.7 Å². The number of hydrogen-bond donors (Lipinski definition) is 3. The molecule has 0 bridgehead atoms. The third-order valence-corrected chi connectivity index (χ3v) is 5.38. The molecule has 12 heteroatoms. The maximum Gasteiger partial charge on any atom is 0.259 e. The molecule has 1 amide bonds. The van der Waals surface area contributed by atoms with Crippen molar-refractivity contribution in [2.24, 2.45) is 0 Å². The van der Waals surface area contributed by atoms with Crippen LogP contribution in [0, 0.1) is 0 Å². The maximum atomic E-state index is 12.3. The molecule has 2 rings (SSSR count). The van der Waals surface area contributed by atoms with Gasteiger partial charge in [0.2, 0.25) is 3.79 Å². The Morgan fingerprint density at radius 2 is 1.83 bits per heavy atom. The predicted octanol–water partition coefficient (Wildman–Crippen LogP) is 5.93. The molecule has 0 heterocycles. The largest absolute Gasteiger partial charge is 0.482 e. The van der Waals surface area contributed by atoms with Gasteiger partial charge in [0.1, 0.15) is 11.9 Å². The summed E-state index contributed by atoms with van der Waals surface area (Å²) in [5.41, 5.74) is 0.695. The van der Waals surface area contributed by atoms with E-state index in [4.69, 9.17) is 75.0 Å². The van der Waals surface area contributed by atoms with E-state index in [-0.39, 0.29) is 22.5 Å². The molecule has 0 aliphatic heterocycles. The first-order chi connectivity index (χ1) is 13.6. The van der Waals surface area contributed by atoms with E-state index >= 15 is 0 Å². The van der Waals surface area contributed by atoms with Crippen LogP contribution in [0.15, 0.2) is 46.9 Å². The molecule has 0 spiro atoms. The molecule has 2 aromatic carbocycles. The van der Waals surface area contributed by atoms with Gasteiger partial charge in [-0.3, -0.25) is 4.79 Å². The van der Waals surface area contributed by atoms with E-state index < -0.39 is 15.9 Å². The molecule has 156 valence electrons. The van der Waals surface area contributed by atoms with Crippen molar-refractivity contribution >= 4 is 103 Å². The smallest absolute Gasteiger partial charge is 0.259 e. The van der Waals surface area contributed by atoms with Gasteiger partial charge in [-0.15, -0.1) is 0 Å². The van der Waals surface area contributed by atoms with Crippen LogP contribution < -0.4 is 20.7 Å². The minimum atomic E-state index is -1.90. The zero-order valence-corrected chi connectivity index (χ0v) is 20.5. The van der Waals surface area contributed by atoms with Gasteiger partial charge >= 0.3 is 0 Å². The van der Waals surface area contributed by atoms with Gasteiger partial charge in [-0.2, -0.15) is 0 Å². The molecule has 1 atom stereocenters. The Balaban J connectivity index is 1.96. The molecule has 0 aromatic heterocycles. The summed E-state index contributed by atoms with van der Waals surface area (Å²) in [6.45, 7) is -0.370. The van der Waals surface area contributed by atoms with Gasteiger partial charge < -0.3 is 20.7 Å². The number of halogens is 6. The molecular weight excluding hydrogens is 567 g/mol. The monoisotopic (exact) mass is 577 g/mol. The number of rotatable bonds is 6. The van der Waals surface area contributed by atoms with Gasteiger partial charge in [-0.1, -0.05) is 70.1 Å². The summed E-state index contributed by atoms with van der Waals surface area (Å²) < 4.78 is 4.26. The first-order valence-electron chi connectivity index (χ1n) is 7.82. The van der Waals surface area contributed by atoms with Crippen LogP contribution in [-0.2, 0) is 4.79 Å². The third-order valence-electron chi connectivity index (χ3n) is 3.28. The lowest BCUT2D eigenvalue weighted by atomic mass is 10.3. The number of carbonyl (C=O) groups is 1. The quantitative estimate of drug-likeness (QED) is 0.225. The highest BCUT2D eigenvalue weighted by Crippen LogP contribution is 2.30. The highest BCUT2D eigenvalue weighted by atomic mass is 79.9. The lowest BCUT2D eigenvalue weighted by Crippen LogP contribution is -2.57. The van der Waals surface area contributed by atoms with Crippen LogP contribution in [0.4, 0.5) is 5.69 Å². The molecule has 2 aromatic rings. The van der Waals surface area contributed by atoms with Crippen LogP contribution in [0.3, 0.4) is 0 Å². The van der Waals surface area contributed by atoms with Gasteiger partial charge in [-0.05, 0) is 58.5 Å². The second-order valence-corrected chi connectivity index (χ2v) is 9.96. The average Bonchev–Trinajstić information content (AvgIpc) is 2.61. The molecule has 29 heavy (non-hydrogen) atoms. The molecule has 0 radical (unpaired) electrons. The van der Waals surface area contributed by atoms with Gasteiger partial charge in [-0.25, -0.2) is 0 Å². The van der Waals surface area contributed by atoms with Gasteiger partial charge in [0.05, 0.1) is 10.7 Å². The fourth-order valence-electron chi connectivity index (χ4n) is 1.99. The van der Waals surface area contributed by atoms with Gasteiger partial charge in [0, 0.05) is 9.50 Å². The Morgan fingerprint density at radius 3 is 2.45 bits per heavy atom. The van der Waals surface area contributed by atoms with Gasteiger partial charge in [0.15, 0.2) is 11.7 Å². The Hall–Kier alpha value is -0.670. The molecular formula is C17H13BrCl5N3O2S. The average molecular weight is 581 g/mol. The number of thiocarbonyl (C=S) groups is 1. The molecule has 0 saturated carbocycles. The summed E-state index contributed by atoms with van der Waals surface area (Å²) in [6.07, 6.45) is -1.13. The standard InChI is InChI=1S/C17H13BrCl5N3O2S/c18-10-3-1-2-4-12(10)24-16(29)26-15(17(21,22)23)25-14(27)8-28-13-6-5-9(19)7-11(13)20/h1-7,15H,8H2,(H,25,27)(H2,24,26,29)/t15-/m1/s1. The highest BCUT2D eigenvalue weighted by Gasteiger charge is 2.34. The number of alkyl halides is 3. The molecule has 0 aliphatic rings. The van der Waals surface area contributed by atoms with Crippen LogP contribution in [0.5, 0.6) is 5.75 Å². The Labute approximate surface area is 206 Å². The number of anilines is 1. The van der Waals surface area contributed by atoms with E-state index in [1.165, 1.54) is 6.07 Å². The number of hydrogen-bond acceptors (Lipinski definition) is 3. The Bertz CT molecular complexity index is 898. The lowest BCUT2D eigenvalue weighted by Gasteiger charge is -2.28. The van der Waals surface area contributed by atoms with Crippen LogP contribution in [0.25, 0.3) is 0 Å². The predicted molar refractivity (Wildman–Crippen MR) is 128 cm³/mol. The number of nitrogens with one attached hydrogen (secondary N) is 3. The topological polar surface area (TPSA) is 62.4 Å². The fraction of sp³-hybridized carbons (Fsp3) is 0.176. The van der Waals surface area contributed by atoms with E-state index in [1.54, 1.807) is 18.2 Å². The third kappa shape index (κ3) is 8.17. The molecule has 0 saturated heterocycles. The van der Waals surface area contributed by atoms with Crippen LogP contribution in [-0.4, -0.2) is 27.6 Å². The van der Waals surface area contributed by atoms with Crippen molar-refractivity contribution in [2.75, 3.05) is 11.9 Å². The molecule has 5 nitrogen and oxygen atoms in total. The normalized spacial score (nSPS) is 12.1. The minimum absolute atomic E-state index is 0.134. The molecule has 0 unspecified atom stereocenters. The zero-order valence-electron chi connectivity index (χ0n) is 14.3. The summed E-state index contributed by atoms with van der Waals surface area (Å²) in [7, 11) is 0. The maximum absolute atomic E-state index is 12.3. The Morgan fingerprint density at radius 1 is 1.14 bits per heavy atom. The highest BCUT2D eigenvalue weighted by molar-refractivity contribution is 9.10. The summed E-state index contributed by atoms with van der Waals surface area (Å²) in [5.74, 6) is -0.278. The van der Waals surface area contributed by atoms with Crippen LogP contribution in [0.1, 0.15) is 0 Å². The number of para-hydroxylation sites is 1. The Kier molecular flexibility index (Phi) is 9.41. The van der Waals surface area contributed by atoms with Crippen molar-refractivity contribution in [3.63, 3.8) is 0 Å². The first-order valence-corrected chi connectivity index (χ1v) is 10.9. The number of benzene rings is 2. The van der Waals surface area contributed by atoms with Crippen molar-refractivity contribution in [3.8, 4) is 5.75 Å². The number of ether oxygens (including phenoxy) is 1. The number of carbonyl (C=O) groups excluding carboxylic acids is 1. The van der Waals surface area contributed by atoms with Crippen molar-refractivity contribution < 1.29 is 9.53 Å². The summed E-state index contributed by atoms with van der Waals surface area (Å²) in [6, 6.07) is 11.9. The van der Waals surface area contributed by atoms with Crippen LogP contribution >= 0.6 is 86.2 Å². The number of amides is 1. The van der Waals surface area contributed by atoms with E-state index in [2.05, 4.69) is 31.9 Å². The van der Waals surface area contributed by atoms with Gasteiger partial charge in [0.25, 0.3) is 5.91 Å². The van der Waals surface area contributed by atoms with Crippen LogP contribution in [0.2, 0.25) is 10.0 Å². The zero-order chi connectivity index (χ0) is 21.6. The summed E-state index contributed by atoms with van der Waals surface area (Å²) in [4.78, 5) is 12.3. The minimum Gasteiger partial charge on any atom is -0.482 e. The van der Waals surface area contributed by atoms with E-state index in [1.807, 2.05) is 18.2 Å². The summed E-state index contributed by atoms with van der Waals surface area (Å²) >= 11 is 38.3. The van der Waals surface area contributed by atoms with E-state index in [0.717, 1.165) is 4.47 Å². The summed E-state index contributed by atoms with van der Waals surface area (Å²) in [5, 5.41) is 9.05.